The molecule has 0 N–H and O–H groups in total. The van der Waals surface area contributed by atoms with E-state index >= 15 is 0 Å². The summed E-state index contributed by atoms with van der Waals surface area (Å²) in [4.78, 5) is 0. The molecule has 0 saturated carbocycles. The normalized spacial score (nSPS) is 0. The summed E-state index contributed by atoms with van der Waals surface area (Å²) in [6.07, 6.45) is 0. The molecule has 0 aliphatic heterocycles. The Hall–Kier alpha value is 10.1. The van der Waals surface area contributed by atoms with E-state index in [-0.39, 0.29) is 302 Å². The van der Waals surface area contributed by atoms with Crippen LogP contribution in [0, 0.1) is 302 Å². The predicted octanol–water partition coefficient (Wildman–Crippen LogP) is 0. The average Bonchev–Trinajstić information content (AvgIpc) is 0. The van der Waals surface area contributed by atoms with E-state index in [9.17, 15) is 0 Å². The Morgan fingerprint density at radius 2 is 0.125 bits per heavy atom. The third-order valence-electron chi connectivity index (χ3n) is 0. The second kappa shape index (κ2) is 43.5. The van der Waals surface area contributed by atoms with Gasteiger partial charge < -0.3 is 0 Å². The molecule has 0 aromatic rings. The van der Waals surface area contributed by atoms with Gasteiger partial charge >= 0.3 is 0 Å². The number of hydrogen-bond acceptors (Lipinski definition) is 0. The van der Waals surface area contributed by atoms with Crippen molar-refractivity contribution in [3.8, 4) is 0 Å². The van der Waals surface area contributed by atoms with Gasteiger partial charge in [-0.25, -0.2) is 0 Å². The maximum atomic E-state index is 0. The molecule has 0 aliphatic rings. The minimum absolute atomic E-state index is 0. The van der Waals surface area contributed by atoms with Gasteiger partial charge in [0.05, 0.1) is 0 Å². The quantitative estimate of drug-likeness (QED) is 0.590. The summed E-state index contributed by atoms with van der Waals surface area (Å²) in [6, 6.07) is 0. The van der Waals surface area contributed by atoms with E-state index in [1.165, 1.54) is 0 Å². The summed E-state index contributed by atoms with van der Waals surface area (Å²) in [6.45, 7) is 0. The Morgan fingerprint density at radius 3 is 0.125 bits per heavy atom. The maximum Gasteiger partial charge on any atom is 0 e. The summed E-state index contributed by atoms with van der Waals surface area (Å²) in [5.41, 5.74) is 0. The SMILES string of the molecule is [Ar].[Ar].[Ar].[Ar].[Ar].[Ar].[Ar].[Ar]. The van der Waals surface area contributed by atoms with E-state index in [0.29, 0.717) is 0 Å². The van der Waals surface area contributed by atoms with Gasteiger partial charge in [-0.2, -0.15) is 0 Å². The molecule has 0 rings (SSSR count). The van der Waals surface area contributed by atoms with Crippen LogP contribution in [-0.2, 0) is 0 Å². The van der Waals surface area contributed by atoms with E-state index in [1.807, 2.05) is 0 Å². The third kappa shape index (κ3) is 36.0. The van der Waals surface area contributed by atoms with Crippen molar-refractivity contribution in [3.63, 3.8) is 0 Å². The fourth-order valence-electron chi connectivity index (χ4n) is 0. The van der Waals surface area contributed by atoms with E-state index in [2.05, 4.69) is 0 Å². The molecule has 0 bridgehead atoms. The van der Waals surface area contributed by atoms with Gasteiger partial charge in [-0.05, 0) is 0 Å². The fraction of sp³-hybridized carbons (Fsp3) is 0. The molecule has 0 atom stereocenters. The second-order valence-electron chi connectivity index (χ2n) is 0. The van der Waals surface area contributed by atoms with Crippen LogP contribution in [0.25, 0.3) is 0 Å². The Morgan fingerprint density at radius 1 is 0.125 bits per heavy atom. The summed E-state index contributed by atoms with van der Waals surface area (Å²) >= 11 is 0. The first-order valence-electron chi connectivity index (χ1n) is 0. The van der Waals surface area contributed by atoms with Gasteiger partial charge in [-0.1, -0.05) is 0 Å². The zero-order chi connectivity index (χ0) is 0. The summed E-state index contributed by atoms with van der Waals surface area (Å²) < 4.78 is 0. The molecule has 0 spiro atoms. The van der Waals surface area contributed by atoms with Crippen molar-refractivity contribution in [2.45, 2.75) is 0 Å². The van der Waals surface area contributed by atoms with Crippen LogP contribution in [0.5, 0.6) is 0 Å². The van der Waals surface area contributed by atoms with Crippen molar-refractivity contribution < 1.29 is 302 Å². The molecule has 0 amide bonds. The molecule has 0 nitrogen and oxygen atoms in total. The summed E-state index contributed by atoms with van der Waals surface area (Å²) in [5.74, 6) is 0. The minimum Gasteiger partial charge on any atom is 0 e. The molecular weight excluding hydrogens is 320 g/mol. The first-order valence-corrected chi connectivity index (χ1v) is 0. The molecule has 0 radical (unpaired) electrons. The third-order valence-corrected chi connectivity index (χ3v) is 0. The van der Waals surface area contributed by atoms with Gasteiger partial charge in [0, 0.05) is 302 Å². The van der Waals surface area contributed by atoms with E-state index in [0.717, 1.165) is 0 Å². The van der Waals surface area contributed by atoms with Gasteiger partial charge in [-0.15, -0.1) is 0 Å². The van der Waals surface area contributed by atoms with Gasteiger partial charge in [-0.3, -0.25) is 0 Å². The van der Waals surface area contributed by atoms with Crippen molar-refractivity contribution in [1.82, 2.24) is 0 Å². The van der Waals surface area contributed by atoms with Gasteiger partial charge in [0.2, 0.25) is 0 Å². The Labute approximate surface area is 290 Å². The first kappa shape index (κ1) is 51.9. The molecule has 0 heterocycles. The molecule has 0 aliphatic carbocycles. The maximum absolute atomic E-state index is 0. The molecular formula is Ar8. The van der Waals surface area contributed by atoms with Crippen molar-refractivity contribution in [3.05, 3.63) is 0 Å². The van der Waals surface area contributed by atoms with Crippen molar-refractivity contribution in [1.29, 1.82) is 0 Å². The van der Waals surface area contributed by atoms with Crippen LogP contribution < -0.4 is 0 Å². The Balaban J connectivity index is 0. The van der Waals surface area contributed by atoms with Crippen LogP contribution in [0.3, 0.4) is 0 Å². The minimum atomic E-state index is 0. The van der Waals surface area contributed by atoms with Crippen LogP contribution in [0.4, 0.5) is 0 Å². The molecule has 0 aromatic heterocycles. The molecule has 8 heavy (non-hydrogen) atoms. The van der Waals surface area contributed by atoms with Gasteiger partial charge in [0.25, 0.3) is 0 Å². The zero-order valence-corrected chi connectivity index (χ0v) is 8.49. The van der Waals surface area contributed by atoms with Crippen molar-refractivity contribution >= 4 is 0 Å². The average molecular weight is 320 g/mol. The molecule has 0 fully saturated rings. The van der Waals surface area contributed by atoms with Crippen LogP contribution >= 0.6 is 0 Å². The topological polar surface area (TPSA) is 0 Å². The molecule has 0 unspecified atom stereocenters. The van der Waals surface area contributed by atoms with Gasteiger partial charge in [0.15, 0.2) is 0 Å². The smallest absolute Gasteiger partial charge is 0 e. The van der Waals surface area contributed by atoms with Gasteiger partial charge in [0.1, 0.15) is 0 Å². The standard InChI is InChI=1S/8Ar. The zero-order valence-electron chi connectivity index (χ0n) is 2.83. The number of rotatable bonds is 0. The summed E-state index contributed by atoms with van der Waals surface area (Å²) in [7, 11) is 0. The van der Waals surface area contributed by atoms with E-state index in [4.69, 9.17) is 0 Å². The Bertz CT molecular complexity index is 0. The van der Waals surface area contributed by atoms with Crippen LogP contribution in [0.15, 0.2) is 0 Å². The number of hydrogen-bond donors (Lipinski definition) is 0. The van der Waals surface area contributed by atoms with Crippen LogP contribution in [-0.4, -0.2) is 0 Å². The predicted molar refractivity (Wildman–Crippen MR) is 0 cm³/mol. The Kier molecular flexibility index (Phi) is 282. The van der Waals surface area contributed by atoms with Crippen LogP contribution in [0.1, 0.15) is 0 Å². The molecule has 0 saturated heterocycles. The van der Waals surface area contributed by atoms with E-state index < -0.39 is 0 Å². The van der Waals surface area contributed by atoms with Crippen molar-refractivity contribution in [2.24, 2.45) is 0 Å². The fourth-order valence-corrected chi connectivity index (χ4v) is 0. The summed E-state index contributed by atoms with van der Waals surface area (Å²) in [5, 5.41) is 0. The molecule has 64 valence electrons. The van der Waals surface area contributed by atoms with Crippen molar-refractivity contribution in [2.75, 3.05) is 0 Å². The van der Waals surface area contributed by atoms with Crippen LogP contribution in [0.2, 0.25) is 0 Å². The monoisotopic (exact) mass is 320 g/mol. The van der Waals surface area contributed by atoms with E-state index in [1.54, 1.807) is 0 Å². The molecule has 8 heteroatoms. The first-order chi connectivity index (χ1) is 0. The largest absolute Gasteiger partial charge is 0 e. The second-order valence-corrected chi connectivity index (χ2v) is 0. The molecule has 0 aromatic carbocycles.